The Bertz CT molecular complexity index is 994. The number of fused-ring (bicyclic) bond motifs is 2. The number of hydrogen-bond acceptors (Lipinski definition) is 4. The molecule has 0 N–H and O–H groups in total. The van der Waals surface area contributed by atoms with Crippen LogP contribution in [-0.4, -0.2) is 31.4 Å². The Kier molecular flexibility index (Phi) is 4.20. The molecule has 138 valence electrons. The predicted octanol–water partition coefficient (Wildman–Crippen LogP) is 5.04. The van der Waals surface area contributed by atoms with Crippen LogP contribution in [0.5, 0.6) is 0 Å². The first kappa shape index (κ1) is 16.9. The van der Waals surface area contributed by atoms with Gasteiger partial charge in [-0.2, -0.15) is 0 Å². The zero-order valence-electron chi connectivity index (χ0n) is 15.7. The molecule has 3 atom stereocenters. The van der Waals surface area contributed by atoms with E-state index in [0.29, 0.717) is 6.04 Å². The number of amidine groups is 1. The van der Waals surface area contributed by atoms with Gasteiger partial charge >= 0.3 is 0 Å². The summed E-state index contributed by atoms with van der Waals surface area (Å²) >= 11 is 1.90. The Morgan fingerprint density at radius 3 is 2.74 bits per heavy atom. The largest absolute Gasteiger partial charge is 0.347 e. The maximum Gasteiger partial charge on any atom is 0.160 e. The fraction of sp³-hybridized carbons (Fsp3) is 0.364. The van der Waals surface area contributed by atoms with Crippen LogP contribution in [0, 0.1) is 0 Å². The van der Waals surface area contributed by atoms with E-state index < -0.39 is 0 Å². The fourth-order valence-electron chi connectivity index (χ4n) is 4.46. The summed E-state index contributed by atoms with van der Waals surface area (Å²) in [7, 11) is 0. The number of para-hydroxylation sites is 1. The van der Waals surface area contributed by atoms with Crippen molar-refractivity contribution in [3.05, 3.63) is 66.1 Å². The highest BCUT2D eigenvalue weighted by atomic mass is 32.2. The van der Waals surface area contributed by atoms with Gasteiger partial charge in [0.1, 0.15) is 6.04 Å². The summed E-state index contributed by atoms with van der Waals surface area (Å²) < 4.78 is 2.36. The summed E-state index contributed by atoms with van der Waals surface area (Å²) in [6.45, 7) is 5.47. The van der Waals surface area contributed by atoms with Crippen molar-refractivity contribution < 1.29 is 0 Å². The Hall–Kier alpha value is -2.27. The van der Waals surface area contributed by atoms with Crippen LogP contribution in [0.15, 0.2) is 59.9 Å². The van der Waals surface area contributed by atoms with Crippen LogP contribution >= 0.6 is 11.8 Å². The molecule has 0 bridgehead atoms. The van der Waals surface area contributed by atoms with Gasteiger partial charge in [-0.3, -0.25) is 9.98 Å². The molecule has 5 heteroatoms. The molecule has 3 unspecified atom stereocenters. The molecule has 27 heavy (non-hydrogen) atoms. The second-order valence-electron chi connectivity index (χ2n) is 7.22. The highest BCUT2D eigenvalue weighted by Crippen LogP contribution is 2.50. The van der Waals surface area contributed by atoms with Gasteiger partial charge in [-0.05, 0) is 31.5 Å². The topological polar surface area (TPSA) is 33.4 Å². The summed E-state index contributed by atoms with van der Waals surface area (Å²) in [6.07, 6.45) is 5.37. The van der Waals surface area contributed by atoms with E-state index in [1.165, 1.54) is 21.6 Å². The molecule has 5 rings (SSSR count). The number of aromatic nitrogens is 2. The third-order valence-electron chi connectivity index (χ3n) is 5.81. The molecule has 0 aliphatic carbocycles. The smallest absolute Gasteiger partial charge is 0.160 e. The number of benzene rings is 1. The summed E-state index contributed by atoms with van der Waals surface area (Å²) in [5.41, 5.74) is 3.75. The number of rotatable bonds is 4. The first-order chi connectivity index (χ1) is 13.3. The molecule has 3 aromatic rings. The number of aliphatic imine (C=N–C) groups is 1. The molecule has 0 spiro atoms. The number of pyridine rings is 1. The maximum atomic E-state index is 5.15. The van der Waals surface area contributed by atoms with E-state index in [2.05, 4.69) is 70.9 Å². The first-order valence-corrected chi connectivity index (χ1v) is 10.8. The predicted molar refractivity (Wildman–Crippen MR) is 113 cm³/mol. The monoisotopic (exact) mass is 376 g/mol. The van der Waals surface area contributed by atoms with Gasteiger partial charge in [0, 0.05) is 47.2 Å². The van der Waals surface area contributed by atoms with Gasteiger partial charge in [-0.15, -0.1) is 0 Å². The Labute approximate surface area is 164 Å². The zero-order chi connectivity index (χ0) is 18.4. The lowest BCUT2D eigenvalue weighted by Crippen LogP contribution is -2.35. The molecule has 2 aliphatic heterocycles. The van der Waals surface area contributed by atoms with Crippen LogP contribution < -0.4 is 0 Å². The van der Waals surface area contributed by atoms with Gasteiger partial charge in [-0.1, -0.05) is 43.0 Å². The maximum absolute atomic E-state index is 5.15. The summed E-state index contributed by atoms with van der Waals surface area (Å²) in [5.74, 6) is 1.13. The molecular formula is C22H24N4S. The second-order valence-corrected chi connectivity index (χ2v) is 8.21. The minimum absolute atomic E-state index is 0.0548. The van der Waals surface area contributed by atoms with Crippen molar-refractivity contribution in [3.63, 3.8) is 0 Å². The number of hydrogen-bond donors (Lipinski definition) is 0. The number of nitrogens with zero attached hydrogens (tertiary/aromatic N) is 4. The van der Waals surface area contributed by atoms with Gasteiger partial charge in [0.15, 0.2) is 5.17 Å². The molecule has 4 nitrogen and oxygen atoms in total. The molecule has 2 aromatic heterocycles. The van der Waals surface area contributed by atoms with Gasteiger partial charge in [0.25, 0.3) is 0 Å². The van der Waals surface area contributed by atoms with Gasteiger partial charge in [0.05, 0.1) is 11.7 Å². The Balaban J connectivity index is 1.70. The van der Waals surface area contributed by atoms with Crippen molar-refractivity contribution in [1.82, 2.24) is 14.5 Å². The van der Waals surface area contributed by atoms with Crippen LogP contribution in [0.4, 0.5) is 0 Å². The Morgan fingerprint density at radius 2 is 1.96 bits per heavy atom. The Morgan fingerprint density at radius 1 is 1.11 bits per heavy atom. The van der Waals surface area contributed by atoms with Gasteiger partial charge in [-0.25, -0.2) is 0 Å². The lowest BCUT2D eigenvalue weighted by molar-refractivity contribution is 0.256. The van der Waals surface area contributed by atoms with E-state index in [1.54, 1.807) is 0 Å². The van der Waals surface area contributed by atoms with E-state index >= 15 is 0 Å². The third-order valence-corrected chi connectivity index (χ3v) is 6.93. The minimum Gasteiger partial charge on any atom is -0.347 e. The van der Waals surface area contributed by atoms with Crippen LogP contribution in [0.1, 0.15) is 43.6 Å². The van der Waals surface area contributed by atoms with E-state index in [-0.39, 0.29) is 12.1 Å². The van der Waals surface area contributed by atoms with Crippen LogP contribution in [0.25, 0.3) is 10.9 Å². The van der Waals surface area contributed by atoms with Crippen molar-refractivity contribution in [1.29, 1.82) is 0 Å². The molecule has 1 aromatic carbocycles. The lowest BCUT2D eigenvalue weighted by Gasteiger charge is -2.31. The van der Waals surface area contributed by atoms with Gasteiger partial charge in [0.2, 0.25) is 0 Å². The minimum atomic E-state index is 0.0548. The van der Waals surface area contributed by atoms with Crippen LogP contribution in [0.3, 0.4) is 0 Å². The van der Waals surface area contributed by atoms with Crippen molar-refractivity contribution >= 4 is 27.8 Å². The molecule has 4 heterocycles. The molecule has 1 fully saturated rings. The zero-order valence-corrected chi connectivity index (χ0v) is 16.6. The van der Waals surface area contributed by atoms with E-state index in [9.17, 15) is 0 Å². The van der Waals surface area contributed by atoms with Crippen LogP contribution in [0.2, 0.25) is 0 Å². The van der Waals surface area contributed by atoms with E-state index in [4.69, 9.17) is 4.99 Å². The van der Waals surface area contributed by atoms with Crippen molar-refractivity contribution in [2.24, 2.45) is 4.99 Å². The van der Waals surface area contributed by atoms with Crippen LogP contribution in [-0.2, 0) is 6.54 Å². The second kappa shape index (κ2) is 6.71. The molecular weight excluding hydrogens is 352 g/mol. The van der Waals surface area contributed by atoms with Crippen molar-refractivity contribution in [2.45, 2.75) is 44.9 Å². The van der Waals surface area contributed by atoms with E-state index in [0.717, 1.165) is 24.4 Å². The van der Waals surface area contributed by atoms with Crippen molar-refractivity contribution in [2.75, 3.05) is 5.75 Å². The highest BCUT2D eigenvalue weighted by Gasteiger charge is 2.46. The third kappa shape index (κ3) is 2.59. The summed E-state index contributed by atoms with van der Waals surface area (Å²) in [6, 6.07) is 15.7. The molecule has 2 aliphatic rings. The molecule has 0 amide bonds. The van der Waals surface area contributed by atoms with E-state index in [1.807, 2.05) is 24.0 Å². The molecule has 0 saturated carbocycles. The first-order valence-electron chi connectivity index (χ1n) is 9.79. The number of thioether (sulfide) groups is 1. The molecule has 1 saturated heterocycles. The molecule has 0 radical (unpaired) electrons. The quantitative estimate of drug-likeness (QED) is 0.640. The fourth-order valence-corrected chi connectivity index (χ4v) is 5.80. The van der Waals surface area contributed by atoms with Gasteiger partial charge < -0.3 is 9.47 Å². The summed E-state index contributed by atoms with van der Waals surface area (Å²) in [4.78, 5) is 12.4. The average Bonchev–Trinajstić information content (AvgIpc) is 3.39. The summed E-state index contributed by atoms with van der Waals surface area (Å²) in [5, 5.41) is 2.53. The lowest BCUT2D eigenvalue weighted by atomic mass is 9.95. The van der Waals surface area contributed by atoms with Crippen molar-refractivity contribution in [3.8, 4) is 0 Å². The SMILES string of the molecule is CCC1CSC2=NC(c3ccccn3)C(c3cn(CC)c4ccccc34)N21. The highest BCUT2D eigenvalue weighted by molar-refractivity contribution is 8.14. The number of aryl methyl sites for hydroxylation is 1. The normalized spacial score (nSPS) is 24.4. The standard InChI is InChI=1S/C22H24N4S/c1-3-15-14-27-22-24-20(18-10-7-8-12-23-18)21(26(15)22)17-13-25(4-2)19-11-6-5-9-16(17)19/h5-13,15,20-21H,3-4,14H2,1-2H3. The average molecular weight is 377 g/mol.